The van der Waals surface area contributed by atoms with E-state index in [0.717, 1.165) is 24.2 Å². The van der Waals surface area contributed by atoms with Crippen LogP contribution in [-0.2, 0) is 0 Å². The minimum atomic E-state index is -0.256. The van der Waals surface area contributed by atoms with Crippen LogP contribution in [0, 0.1) is 26.6 Å². The Balaban J connectivity index is 0.000000212. The van der Waals surface area contributed by atoms with Crippen molar-refractivity contribution in [1.82, 2.24) is 9.38 Å². The van der Waals surface area contributed by atoms with Gasteiger partial charge in [0.15, 0.2) is 0 Å². The fourth-order valence-corrected chi connectivity index (χ4v) is 5.60. The van der Waals surface area contributed by atoms with E-state index in [4.69, 9.17) is 4.98 Å². The summed E-state index contributed by atoms with van der Waals surface area (Å²) in [6.07, 6.45) is 9.45. The van der Waals surface area contributed by atoms with E-state index >= 15 is 0 Å². The van der Waals surface area contributed by atoms with E-state index < -0.39 is 0 Å². The van der Waals surface area contributed by atoms with E-state index in [9.17, 15) is 4.39 Å². The summed E-state index contributed by atoms with van der Waals surface area (Å²) in [5.74, 6) is -0.256. The van der Waals surface area contributed by atoms with Crippen LogP contribution < -0.4 is 5.32 Å². The van der Waals surface area contributed by atoms with Gasteiger partial charge < -0.3 is 5.32 Å². The number of pyridine rings is 1. The normalized spacial score (nSPS) is 11.9. The second kappa shape index (κ2) is 15.8. The number of aliphatic imine (C=N–C) groups is 1. The standard InChI is InChI=1S/C24H20N2.C14H19FN2.C2H6/c1-15-11-12-21-20(13-15)18-9-4-5-10-19(18)24-25-14-22(26(21)24)23-16(2)7-6-8-17(23)3;1-3-7-12(2)16-10-6-11-17-14-9-5-4-8-13(14)15;1-2/h4-14H,1-3H3;4-6,8-12,17H,3,7H2,1-2H3;1-2H3/b;11-6-,16-10?;/t;12-;/m.1./s1. The molecule has 0 unspecified atom stereocenters. The molecule has 5 heteroatoms. The topological polar surface area (TPSA) is 41.7 Å². The number of para-hydroxylation sites is 1. The molecule has 0 fully saturated rings. The van der Waals surface area contributed by atoms with Gasteiger partial charge >= 0.3 is 0 Å². The molecule has 4 aromatic carbocycles. The molecule has 0 saturated carbocycles. The fourth-order valence-electron chi connectivity index (χ4n) is 5.60. The largest absolute Gasteiger partial charge is 0.359 e. The summed E-state index contributed by atoms with van der Waals surface area (Å²) in [6.45, 7) is 14.7. The van der Waals surface area contributed by atoms with Gasteiger partial charge in [0.25, 0.3) is 0 Å². The van der Waals surface area contributed by atoms with Gasteiger partial charge in [-0.1, -0.05) is 93.4 Å². The highest BCUT2D eigenvalue weighted by molar-refractivity contribution is 6.12. The Hall–Kier alpha value is -4.77. The fraction of sp³-hybridized carbons (Fsp3) is 0.250. The summed E-state index contributed by atoms with van der Waals surface area (Å²) in [5, 5.41) is 6.61. The maximum absolute atomic E-state index is 13.2. The van der Waals surface area contributed by atoms with Crippen LogP contribution in [0.25, 0.3) is 38.6 Å². The molecular formula is C40H45FN4. The van der Waals surface area contributed by atoms with Crippen LogP contribution in [0.2, 0.25) is 0 Å². The molecule has 0 bridgehead atoms. The summed E-state index contributed by atoms with van der Waals surface area (Å²) in [6, 6.07) is 28.7. The van der Waals surface area contributed by atoms with E-state index in [1.54, 1.807) is 36.7 Å². The molecule has 0 radical (unpaired) electrons. The summed E-state index contributed by atoms with van der Waals surface area (Å²) in [7, 11) is 0. The number of nitrogens with one attached hydrogen (secondary N) is 1. The lowest BCUT2D eigenvalue weighted by molar-refractivity contribution is 0.632. The first-order valence-electron chi connectivity index (χ1n) is 15.9. The molecule has 232 valence electrons. The molecule has 4 nitrogen and oxygen atoms in total. The first-order valence-corrected chi connectivity index (χ1v) is 15.9. The number of hydrogen-bond acceptors (Lipinski definition) is 3. The molecule has 0 aliphatic heterocycles. The minimum Gasteiger partial charge on any atom is -0.359 e. The van der Waals surface area contributed by atoms with Crippen LogP contribution in [0.5, 0.6) is 0 Å². The lowest BCUT2D eigenvalue weighted by atomic mass is 9.99. The van der Waals surface area contributed by atoms with Gasteiger partial charge in [-0.25, -0.2) is 9.37 Å². The van der Waals surface area contributed by atoms with Gasteiger partial charge in [0.1, 0.15) is 11.5 Å². The quantitative estimate of drug-likeness (QED) is 0.146. The van der Waals surface area contributed by atoms with E-state index in [-0.39, 0.29) is 5.82 Å². The summed E-state index contributed by atoms with van der Waals surface area (Å²) >= 11 is 0. The van der Waals surface area contributed by atoms with Crippen molar-refractivity contribution in [2.45, 2.75) is 67.3 Å². The van der Waals surface area contributed by atoms with Crippen molar-refractivity contribution >= 4 is 39.2 Å². The Morgan fingerprint density at radius 1 is 0.867 bits per heavy atom. The predicted molar refractivity (Wildman–Crippen MR) is 193 cm³/mol. The first kappa shape index (κ1) is 33.1. The number of benzene rings is 4. The lowest BCUT2D eigenvalue weighted by Crippen LogP contribution is -1.96. The predicted octanol–water partition coefficient (Wildman–Crippen LogP) is 11.3. The molecule has 1 N–H and O–H groups in total. The van der Waals surface area contributed by atoms with E-state index in [2.05, 4.69) is 110 Å². The maximum Gasteiger partial charge on any atom is 0.146 e. The highest BCUT2D eigenvalue weighted by Crippen LogP contribution is 2.35. The molecule has 0 saturated heterocycles. The number of fused-ring (bicyclic) bond motifs is 6. The number of halogens is 1. The summed E-state index contributed by atoms with van der Waals surface area (Å²) in [5.41, 5.74) is 8.97. The molecule has 1 atom stereocenters. The monoisotopic (exact) mass is 600 g/mol. The second-order valence-electron chi connectivity index (χ2n) is 11.1. The zero-order valence-corrected chi connectivity index (χ0v) is 27.6. The molecular weight excluding hydrogens is 555 g/mol. The maximum atomic E-state index is 13.2. The Morgan fingerprint density at radius 2 is 1.56 bits per heavy atom. The molecule has 0 aliphatic carbocycles. The van der Waals surface area contributed by atoms with Crippen LogP contribution >= 0.6 is 0 Å². The average Bonchev–Trinajstić information content (AvgIpc) is 3.48. The molecule has 0 aliphatic rings. The number of rotatable bonds is 7. The third-order valence-electron chi connectivity index (χ3n) is 7.69. The van der Waals surface area contributed by atoms with Crippen LogP contribution in [0.3, 0.4) is 0 Å². The minimum absolute atomic E-state index is 0.256. The van der Waals surface area contributed by atoms with Crippen molar-refractivity contribution in [2.24, 2.45) is 4.99 Å². The SMILES string of the molecule is CC.CCC[C@@H](C)N=C/C=C\Nc1ccccc1F.Cc1ccc2c(c1)c1ccccc1c1ncc(-c3c(C)cccc3C)n21. The molecule has 0 amide bonds. The highest BCUT2D eigenvalue weighted by atomic mass is 19.1. The lowest BCUT2D eigenvalue weighted by Gasteiger charge is -2.14. The van der Waals surface area contributed by atoms with Gasteiger partial charge in [-0.3, -0.25) is 9.39 Å². The van der Waals surface area contributed by atoms with E-state index in [1.807, 2.05) is 20.0 Å². The summed E-state index contributed by atoms with van der Waals surface area (Å²) < 4.78 is 15.5. The van der Waals surface area contributed by atoms with Crippen molar-refractivity contribution in [3.8, 4) is 11.3 Å². The van der Waals surface area contributed by atoms with E-state index in [1.165, 1.54) is 50.0 Å². The molecule has 2 heterocycles. The number of aryl methyl sites for hydroxylation is 3. The van der Waals surface area contributed by atoms with Crippen LogP contribution in [0.15, 0.2) is 108 Å². The Morgan fingerprint density at radius 3 is 2.27 bits per heavy atom. The van der Waals surface area contributed by atoms with Crippen LogP contribution in [0.4, 0.5) is 10.1 Å². The average molecular weight is 601 g/mol. The molecule has 6 rings (SSSR count). The number of imidazole rings is 1. The number of anilines is 1. The Bertz CT molecular complexity index is 1910. The number of hydrogen-bond donors (Lipinski definition) is 1. The van der Waals surface area contributed by atoms with Gasteiger partial charge in [-0.05, 0) is 81.0 Å². The van der Waals surface area contributed by atoms with Crippen LogP contribution in [0.1, 0.15) is 57.2 Å². The second-order valence-corrected chi connectivity index (χ2v) is 11.1. The molecule has 6 aromatic rings. The Labute approximate surface area is 267 Å². The van der Waals surface area contributed by atoms with Crippen molar-refractivity contribution in [1.29, 1.82) is 0 Å². The Kier molecular flexibility index (Phi) is 11.6. The van der Waals surface area contributed by atoms with Gasteiger partial charge in [0.2, 0.25) is 0 Å². The number of aromatic nitrogens is 2. The molecule has 2 aromatic heterocycles. The van der Waals surface area contributed by atoms with Crippen LogP contribution in [-0.4, -0.2) is 21.6 Å². The zero-order valence-electron chi connectivity index (χ0n) is 27.6. The van der Waals surface area contributed by atoms with Gasteiger partial charge in [-0.15, -0.1) is 0 Å². The van der Waals surface area contributed by atoms with Crippen molar-refractivity contribution in [3.63, 3.8) is 0 Å². The zero-order chi connectivity index (χ0) is 32.3. The molecule has 0 spiro atoms. The van der Waals surface area contributed by atoms with Crippen molar-refractivity contribution in [3.05, 3.63) is 126 Å². The van der Waals surface area contributed by atoms with Crippen molar-refractivity contribution in [2.75, 3.05) is 5.32 Å². The smallest absolute Gasteiger partial charge is 0.146 e. The van der Waals surface area contributed by atoms with E-state index in [0.29, 0.717) is 11.7 Å². The highest BCUT2D eigenvalue weighted by Gasteiger charge is 2.16. The number of nitrogens with zero attached hydrogens (tertiary/aromatic N) is 3. The third-order valence-corrected chi connectivity index (χ3v) is 7.69. The number of allylic oxidation sites excluding steroid dienone is 1. The van der Waals surface area contributed by atoms with Gasteiger partial charge in [0, 0.05) is 34.8 Å². The van der Waals surface area contributed by atoms with Crippen molar-refractivity contribution < 1.29 is 4.39 Å². The third kappa shape index (κ3) is 7.66. The summed E-state index contributed by atoms with van der Waals surface area (Å²) in [4.78, 5) is 9.16. The first-order chi connectivity index (χ1) is 21.9. The van der Waals surface area contributed by atoms with Gasteiger partial charge in [-0.2, -0.15) is 0 Å². The molecule has 45 heavy (non-hydrogen) atoms. The van der Waals surface area contributed by atoms with Gasteiger partial charge in [0.05, 0.1) is 23.1 Å².